The topological polar surface area (TPSA) is 71.2 Å². The number of rotatable bonds is 4. The van der Waals surface area contributed by atoms with Gasteiger partial charge in [-0.25, -0.2) is 0 Å². The maximum Gasteiger partial charge on any atom is 0.259 e. The van der Waals surface area contributed by atoms with Crippen molar-refractivity contribution in [2.24, 2.45) is 0 Å². The van der Waals surface area contributed by atoms with Crippen LogP contribution in [0.4, 0.5) is 0 Å². The van der Waals surface area contributed by atoms with Gasteiger partial charge in [0.25, 0.3) is 5.89 Å². The molecule has 1 aromatic rings. The molecular weight excluding hydrogens is 194 g/mol. The lowest BCUT2D eigenvalue weighted by atomic mass is 10.0. The molecule has 1 unspecified atom stereocenters. The molecule has 1 saturated heterocycles. The summed E-state index contributed by atoms with van der Waals surface area (Å²) < 4.78 is 5.10. The van der Waals surface area contributed by atoms with Gasteiger partial charge in [0.1, 0.15) is 0 Å². The molecule has 0 spiro atoms. The minimum absolute atomic E-state index is 0.360. The summed E-state index contributed by atoms with van der Waals surface area (Å²) in [6, 6.07) is 0. The van der Waals surface area contributed by atoms with E-state index < -0.39 is 5.60 Å². The Morgan fingerprint density at radius 1 is 1.60 bits per heavy atom. The highest BCUT2D eigenvalue weighted by Gasteiger charge is 2.38. The summed E-state index contributed by atoms with van der Waals surface area (Å²) in [7, 11) is 0. The fourth-order valence-electron chi connectivity index (χ4n) is 1.74. The van der Waals surface area contributed by atoms with Gasteiger partial charge < -0.3 is 14.9 Å². The lowest BCUT2D eigenvalue weighted by molar-refractivity contribution is 0.0243. The lowest BCUT2D eigenvalue weighted by Gasteiger charge is -2.14. The Kier molecular flexibility index (Phi) is 3.02. The highest BCUT2D eigenvalue weighted by atomic mass is 16.5. The number of nitrogens with one attached hydrogen (secondary N) is 1. The van der Waals surface area contributed by atoms with E-state index in [1.54, 1.807) is 0 Å². The highest BCUT2D eigenvalue weighted by Crippen LogP contribution is 2.25. The summed E-state index contributed by atoms with van der Waals surface area (Å²) in [5.74, 6) is 1.06. The maximum absolute atomic E-state index is 10.1. The molecule has 2 rings (SSSR count). The molecule has 15 heavy (non-hydrogen) atoms. The third-order valence-electron chi connectivity index (χ3n) is 2.75. The molecule has 0 radical (unpaired) electrons. The van der Waals surface area contributed by atoms with Crippen LogP contribution in [0.25, 0.3) is 0 Å². The first-order chi connectivity index (χ1) is 7.24. The van der Waals surface area contributed by atoms with Gasteiger partial charge in [-0.2, -0.15) is 4.98 Å². The van der Waals surface area contributed by atoms with Crippen molar-refractivity contribution in [3.8, 4) is 0 Å². The summed E-state index contributed by atoms with van der Waals surface area (Å²) >= 11 is 0. The van der Waals surface area contributed by atoms with E-state index in [0.717, 1.165) is 25.8 Å². The predicted octanol–water partition coefficient (Wildman–Crippen LogP) is 0.593. The molecule has 0 bridgehead atoms. The minimum atomic E-state index is -0.947. The van der Waals surface area contributed by atoms with E-state index >= 15 is 0 Å². The first kappa shape index (κ1) is 10.6. The van der Waals surface area contributed by atoms with E-state index in [1.807, 2.05) is 0 Å². The van der Waals surface area contributed by atoms with E-state index in [1.165, 1.54) is 0 Å². The van der Waals surface area contributed by atoms with Gasteiger partial charge in [-0.05, 0) is 19.4 Å². The molecule has 0 aliphatic carbocycles. The second-order valence-electron chi connectivity index (χ2n) is 4.08. The van der Waals surface area contributed by atoms with Gasteiger partial charge in [-0.1, -0.05) is 18.5 Å². The molecule has 1 atom stereocenters. The Morgan fingerprint density at radius 3 is 3.13 bits per heavy atom. The van der Waals surface area contributed by atoms with E-state index in [-0.39, 0.29) is 0 Å². The molecule has 5 nitrogen and oxygen atoms in total. The number of β-amino-alcohol motifs (C(OH)–C–C–N with tert-alkyl or cyclic N) is 1. The Morgan fingerprint density at radius 2 is 2.47 bits per heavy atom. The molecule has 1 aliphatic rings. The Bertz CT molecular complexity index is 318. The van der Waals surface area contributed by atoms with Crippen LogP contribution in [0.2, 0.25) is 0 Å². The van der Waals surface area contributed by atoms with Gasteiger partial charge >= 0.3 is 0 Å². The number of aliphatic hydroxyl groups is 1. The van der Waals surface area contributed by atoms with Crippen molar-refractivity contribution < 1.29 is 9.63 Å². The molecule has 1 aromatic heterocycles. The number of hydrogen-bond acceptors (Lipinski definition) is 5. The average molecular weight is 211 g/mol. The van der Waals surface area contributed by atoms with Crippen LogP contribution in [0.3, 0.4) is 0 Å². The van der Waals surface area contributed by atoms with Crippen molar-refractivity contribution in [2.75, 3.05) is 13.1 Å². The van der Waals surface area contributed by atoms with E-state index in [4.69, 9.17) is 4.52 Å². The number of aryl methyl sites for hydroxylation is 1. The van der Waals surface area contributed by atoms with Crippen LogP contribution in [-0.2, 0) is 12.0 Å². The Hall–Kier alpha value is -0.940. The Labute approximate surface area is 88.9 Å². The standard InChI is InChI=1S/C10H17N3O2/c1-2-3-4-8-12-9(15-13-8)10(14)5-6-11-7-10/h11,14H,2-7H2,1H3. The zero-order valence-electron chi connectivity index (χ0n) is 8.99. The van der Waals surface area contributed by atoms with Crippen molar-refractivity contribution in [2.45, 2.75) is 38.2 Å². The second kappa shape index (κ2) is 4.28. The normalized spacial score (nSPS) is 26.0. The van der Waals surface area contributed by atoms with Gasteiger partial charge in [0.15, 0.2) is 11.4 Å². The van der Waals surface area contributed by atoms with Crippen molar-refractivity contribution in [3.63, 3.8) is 0 Å². The van der Waals surface area contributed by atoms with Crippen LogP contribution >= 0.6 is 0 Å². The summed E-state index contributed by atoms with van der Waals surface area (Å²) in [5.41, 5.74) is -0.947. The summed E-state index contributed by atoms with van der Waals surface area (Å²) in [4.78, 5) is 4.23. The number of hydrogen-bond donors (Lipinski definition) is 2. The summed E-state index contributed by atoms with van der Waals surface area (Å²) in [5, 5.41) is 17.1. The number of unbranched alkanes of at least 4 members (excludes halogenated alkanes) is 1. The monoisotopic (exact) mass is 211 g/mol. The fourth-order valence-corrected chi connectivity index (χ4v) is 1.74. The zero-order valence-corrected chi connectivity index (χ0v) is 8.99. The zero-order chi connectivity index (χ0) is 10.7. The first-order valence-corrected chi connectivity index (χ1v) is 5.51. The summed E-state index contributed by atoms with van der Waals surface area (Å²) in [6.07, 6.45) is 3.62. The third-order valence-corrected chi connectivity index (χ3v) is 2.75. The maximum atomic E-state index is 10.1. The SMILES string of the molecule is CCCCc1noc(C2(O)CCNC2)n1. The molecule has 1 aliphatic heterocycles. The minimum Gasteiger partial charge on any atom is -0.379 e. The van der Waals surface area contributed by atoms with Gasteiger partial charge in [-0.15, -0.1) is 0 Å². The molecule has 5 heteroatoms. The van der Waals surface area contributed by atoms with Gasteiger partial charge in [0.2, 0.25) is 0 Å². The van der Waals surface area contributed by atoms with E-state index in [0.29, 0.717) is 24.7 Å². The average Bonchev–Trinajstić information content (AvgIpc) is 2.84. The quantitative estimate of drug-likeness (QED) is 0.762. The van der Waals surface area contributed by atoms with Crippen LogP contribution in [0.5, 0.6) is 0 Å². The van der Waals surface area contributed by atoms with Crippen LogP contribution in [0.15, 0.2) is 4.52 Å². The third kappa shape index (κ3) is 2.18. The molecule has 0 amide bonds. The van der Waals surface area contributed by atoms with Crippen molar-refractivity contribution in [1.29, 1.82) is 0 Å². The van der Waals surface area contributed by atoms with E-state index in [9.17, 15) is 5.11 Å². The number of nitrogens with zero attached hydrogens (tertiary/aromatic N) is 2. The Balaban J connectivity index is 2.05. The van der Waals surface area contributed by atoms with Gasteiger partial charge in [-0.3, -0.25) is 0 Å². The second-order valence-corrected chi connectivity index (χ2v) is 4.08. The largest absolute Gasteiger partial charge is 0.379 e. The van der Waals surface area contributed by atoms with Crippen LogP contribution in [0, 0.1) is 0 Å². The molecule has 84 valence electrons. The van der Waals surface area contributed by atoms with Crippen molar-refractivity contribution >= 4 is 0 Å². The van der Waals surface area contributed by atoms with E-state index in [2.05, 4.69) is 22.4 Å². The molecule has 1 fully saturated rings. The number of aromatic nitrogens is 2. The van der Waals surface area contributed by atoms with Crippen molar-refractivity contribution in [1.82, 2.24) is 15.5 Å². The van der Waals surface area contributed by atoms with Crippen LogP contribution in [-0.4, -0.2) is 28.3 Å². The molecule has 0 saturated carbocycles. The van der Waals surface area contributed by atoms with Crippen LogP contribution < -0.4 is 5.32 Å². The molecule has 2 N–H and O–H groups in total. The first-order valence-electron chi connectivity index (χ1n) is 5.51. The smallest absolute Gasteiger partial charge is 0.259 e. The van der Waals surface area contributed by atoms with Crippen molar-refractivity contribution in [3.05, 3.63) is 11.7 Å². The molecule has 0 aromatic carbocycles. The van der Waals surface area contributed by atoms with Crippen LogP contribution in [0.1, 0.15) is 37.9 Å². The highest BCUT2D eigenvalue weighted by molar-refractivity contribution is 5.03. The molecular formula is C10H17N3O2. The van der Waals surface area contributed by atoms with Gasteiger partial charge in [0.05, 0.1) is 0 Å². The van der Waals surface area contributed by atoms with Gasteiger partial charge in [0, 0.05) is 13.0 Å². The fraction of sp³-hybridized carbons (Fsp3) is 0.800. The molecule has 2 heterocycles. The lowest BCUT2D eigenvalue weighted by Crippen LogP contribution is -2.28. The predicted molar refractivity (Wildman–Crippen MR) is 54.3 cm³/mol. The summed E-state index contributed by atoms with van der Waals surface area (Å²) in [6.45, 7) is 3.42.